The van der Waals surface area contributed by atoms with Gasteiger partial charge in [0.2, 0.25) is 5.91 Å². The number of rotatable bonds is 4. The van der Waals surface area contributed by atoms with Crippen molar-refractivity contribution in [2.45, 2.75) is 46.1 Å². The molecule has 1 aromatic heterocycles. The van der Waals surface area contributed by atoms with Crippen molar-refractivity contribution >= 4 is 11.7 Å². The zero-order valence-electron chi connectivity index (χ0n) is 15.4. The van der Waals surface area contributed by atoms with Crippen molar-refractivity contribution in [1.82, 2.24) is 9.88 Å². The second-order valence-electron chi connectivity index (χ2n) is 6.78. The Labute approximate surface area is 154 Å². The summed E-state index contributed by atoms with van der Waals surface area (Å²) in [4.78, 5) is 18.1. The number of hydrogen-bond acceptors (Lipinski definition) is 4. The number of carbonyl (C=O) groups is 1. The number of aryl methyl sites for hydroxylation is 1. The van der Waals surface area contributed by atoms with Gasteiger partial charge in [0.1, 0.15) is 17.5 Å². The van der Waals surface area contributed by atoms with Crippen LogP contribution in [0.3, 0.4) is 0 Å². The number of nitrogen functional groups attached to an aromatic ring is 1. The summed E-state index contributed by atoms with van der Waals surface area (Å²) in [5.41, 5.74) is 11.4. The predicted molar refractivity (Wildman–Crippen MR) is 102 cm³/mol. The molecule has 1 aliphatic rings. The number of hydrogen-bond donors (Lipinski definition) is 1. The minimum atomic E-state index is 0.0341. The minimum Gasteiger partial charge on any atom is -0.383 e. The highest BCUT2D eigenvalue weighted by atomic mass is 16.2. The van der Waals surface area contributed by atoms with Gasteiger partial charge in [0.15, 0.2) is 0 Å². The predicted octanol–water partition coefficient (Wildman–Crippen LogP) is 3.45. The standard InChI is InChI=1S/C21H24N4O/c1-3-4-5-15-6-8-16(9-7-15)20-17(12-22)21(23)24-19-10-11-25(14(2)26)13-18(19)20/h6-9H,3-5,10-11,13H2,1-2H3,(H2,23,24). The Kier molecular flexibility index (Phi) is 5.22. The zero-order valence-corrected chi connectivity index (χ0v) is 15.4. The fourth-order valence-electron chi connectivity index (χ4n) is 3.50. The van der Waals surface area contributed by atoms with Gasteiger partial charge in [-0.3, -0.25) is 4.79 Å². The maximum atomic E-state index is 11.8. The van der Waals surface area contributed by atoms with Crippen LogP contribution in [-0.4, -0.2) is 22.3 Å². The molecule has 0 saturated heterocycles. The van der Waals surface area contributed by atoms with Crippen molar-refractivity contribution in [1.29, 1.82) is 5.26 Å². The number of fused-ring (bicyclic) bond motifs is 1. The van der Waals surface area contributed by atoms with Gasteiger partial charge < -0.3 is 10.6 Å². The summed E-state index contributed by atoms with van der Waals surface area (Å²) in [6.07, 6.45) is 4.03. The van der Waals surface area contributed by atoms with Crippen LogP contribution in [0.2, 0.25) is 0 Å². The second-order valence-corrected chi connectivity index (χ2v) is 6.78. The highest BCUT2D eigenvalue weighted by molar-refractivity contribution is 5.81. The molecule has 0 saturated carbocycles. The molecule has 0 bridgehead atoms. The van der Waals surface area contributed by atoms with Gasteiger partial charge in [-0.1, -0.05) is 37.6 Å². The molecule has 134 valence electrons. The SMILES string of the molecule is CCCCc1ccc(-c2c(C#N)c(N)nc3c2CN(C(C)=O)CC3)cc1. The maximum Gasteiger partial charge on any atom is 0.219 e. The molecule has 5 nitrogen and oxygen atoms in total. The molecule has 0 atom stereocenters. The van der Waals surface area contributed by atoms with Crippen LogP contribution in [-0.2, 0) is 24.2 Å². The maximum absolute atomic E-state index is 11.8. The van der Waals surface area contributed by atoms with Gasteiger partial charge in [0, 0.05) is 37.6 Å². The number of nitriles is 1. The number of aromatic nitrogens is 1. The Bertz CT molecular complexity index is 865. The van der Waals surface area contributed by atoms with Gasteiger partial charge >= 0.3 is 0 Å². The van der Waals surface area contributed by atoms with E-state index in [4.69, 9.17) is 5.73 Å². The van der Waals surface area contributed by atoms with E-state index >= 15 is 0 Å². The Morgan fingerprint density at radius 2 is 2.08 bits per heavy atom. The Morgan fingerprint density at radius 1 is 1.35 bits per heavy atom. The Morgan fingerprint density at radius 3 is 2.69 bits per heavy atom. The molecule has 3 rings (SSSR count). The number of benzene rings is 1. The molecule has 0 fully saturated rings. The molecule has 1 aliphatic heterocycles. The number of nitrogens with zero attached hydrogens (tertiary/aromatic N) is 3. The van der Waals surface area contributed by atoms with E-state index in [-0.39, 0.29) is 11.7 Å². The highest BCUT2D eigenvalue weighted by Crippen LogP contribution is 2.35. The molecule has 1 aromatic carbocycles. The third kappa shape index (κ3) is 3.41. The Balaban J connectivity index is 2.09. The number of amides is 1. The topological polar surface area (TPSA) is 83.0 Å². The number of anilines is 1. The summed E-state index contributed by atoms with van der Waals surface area (Å²) in [5, 5.41) is 9.66. The molecule has 0 unspecified atom stereocenters. The third-order valence-corrected chi connectivity index (χ3v) is 5.00. The van der Waals surface area contributed by atoms with Crippen molar-refractivity contribution in [3.63, 3.8) is 0 Å². The lowest BCUT2D eigenvalue weighted by Crippen LogP contribution is -2.35. The van der Waals surface area contributed by atoms with Crippen LogP contribution in [0.1, 0.15) is 49.1 Å². The largest absolute Gasteiger partial charge is 0.383 e. The summed E-state index contributed by atoms with van der Waals surface area (Å²) in [7, 11) is 0. The first-order chi connectivity index (χ1) is 12.5. The summed E-state index contributed by atoms with van der Waals surface area (Å²) >= 11 is 0. The molecule has 2 heterocycles. The lowest BCUT2D eigenvalue weighted by Gasteiger charge is -2.29. The van der Waals surface area contributed by atoms with Crippen LogP contribution in [0.15, 0.2) is 24.3 Å². The zero-order chi connectivity index (χ0) is 18.7. The number of nitrogens with two attached hydrogens (primary N) is 1. The van der Waals surface area contributed by atoms with Crippen LogP contribution < -0.4 is 5.73 Å². The van der Waals surface area contributed by atoms with E-state index in [1.165, 1.54) is 5.56 Å². The van der Waals surface area contributed by atoms with Crippen LogP contribution in [0.25, 0.3) is 11.1 Å². The number of unbranched alkanes of at least 4 members (excludes halogenated alkanes) is 1. The second kappa shape index (κ2) is 7.57. The fraction of sp³-hybridized carbons (Fsp3) is 0.381. The molecule has 26 heavy (non-hydrogen) atoms. The van der Waals surface area contributed by atoms with Gasteiger partial charge in [-0.05, 0) is 24.0 Å². The van der Waals surface area contributed by atoms with E-state index in [2.05, 4.69) is 30.1 Å². The molecule has 5 heteroatoms. The van der Waals surface area contributed by atoms with Crippen LogP contribution >= 0.6 is 0 Å². The van der Waals surface area contributed by atoms with Crippen LogP contribution in [0, 0.1) is 11.3 Å². The first-order valence-electron chi connectivity index (χ1n) is 9.11. The van der Waals surface area contributed by atoms with Crippen molar-refractivity contribution in [2.24, 2.45) is 0 Å². The van der Waals surface area contributed by atoms with E-state index in [1.807, 2.05) is 12.1 Å². The lowest BCUT2D eigenvalue weighted by molar-refractivity contribution is -0.129. The molecule has 0 radical (unpaired) electrons. The van der Waals surface area contributed by atoms with Gasteiger partial charge in [-0.15, -0.1) is 0 Å². The van der Waals surface area contributed by atoms with Gasteiger partial charge in [-0.2, -0.15) is 5.26 Å². The average Bonchev–Trinajstić information content (AvgIpc) is 2.65. The van der Waals surface area contributed by atoms with E-state index in [1.54, 1.807) is 11.8 Å². The van der Waals surface area contributed by atoms with Crippen molar-refractivity contribution in [2.75, 3.05) is 12.3 Å². The molecular formula is C21H24N4O. The molecular weight excluding hydrogens is 324 g/mol. The van der Waals surface area contributed by atoms with Crippen molar-refractivity contribution in [3.8, 4) is 17.2 Å². The van der Waals surface area contributed by atoms with E-state index in [0.717, 1.165) is 41.6 Å². The molecule has 2 N–H and O–H groups in total. The molecule has 0 spiro atoms. The van der Waals surface area contributed by atoms with Crippen molar-refractivity contribution in [3.05, 3.63) is 46.6 Å². The van der Waals surface area contributed by atoms with E-state index in [9.17, 15) is 10.1 Å². The highest BCUT2D eigenvalue weighted by Gasteiger charge is 2.26. The summed E-state index contributed by atoms with van der Waals surface area (Å²) in [6, 6.07) is 10.5. The minimum absolute atomic E-state index is 0.0341. The monoisotopic (exact) mass is 348 g/mol. The summed E-state index contributed by atoms with van der Waals surface area (Å²) in [6.45, 7) is 4.86. The third-order valence-electron chi connectivity index (χ3n) is 5.00. The summed E-state index contributed by atoms with van der Waals surface area (Å²) < 4.78 is 0. The normalized spacial score (nSPS) is 13.2. The van der Waals surface area contributed by atoms with Gasteiger partial charge in [-0.25, -0.2) is 4.98 Å². The molecule has 2 aromatic rings. The number of carbonyl (C=O) groups excluding carboxylic acids is 1. The molecule has 0 aliphatic carbocycles. The van der Waals surface area contributed by atoms with Gasteiger partial charge in [0.05, 0.1) is 5.69 Å². The lowest BCUT2D eigenvalue weighted by atomic mass is 9.90. The Hall–Kier alpha value is -2.87. The van der Waals surface area contributed by atoms with Gasteiger partial charge in [0.25, 0.3) is 0 Å². The first kappa shape index (κ1) is 17.9. The first-order valence-corrected chi connectivity index (χ1v) is 9.11. The van der Waals surface area contributed by atoms with E-state index < -0.39 is 0 Å². The van der Waals surface area contributed by atoms with E-state index in [0.29, 0.717) is 25.1 Å². The number of pyridine rings is 1. The quantitative estimate of drug-likeness (QED) is 0.917. The smallest absolute Gasteiger partial charge is 0.219 e. The average molecular weight is 348 g/mol. The van der Waals surface area contributed by atoms with Crippen LogP contribution in [0.4, 0.5) is 5.82 Å². The molecule has 1 amide bonds. The summed E-state index contributed by atoms with van der Waals surface area (Å²) in [5.74, 6) is 0.305. The van der Waals surface area contributed by atoms with Crippen LogP contribution in [0.5, 0.6) is 0 Å². The van der Waals surface area contributed by atoms with Crippen molar-refractivity contribution < 1.29 is 4.79 Å². The fourth-order valence-corrected chi connectivity index (χ4v) is 3.50.